The smallest absolute Gasteiger partial charge is 0.165 e. The molecule has 1 aromatic carbocycles. The van der Waals surface area contributed by atoms with E-state index in [1.165, 1.54) is 11.8 Å². The number of rotatable bonds is 3. The van der Waals surface area contributed by atoms with E-state index in [1.807, 2.05) is 30.3 Å². The molecule has 15 heavy (non-hydrogen) atoms. The third-order valence-corrected chi connectivity index (χ3v) is 3.01. The summed E-state index contributed by atoms with van der Waals surface area (Å²) in [5.74, 6) is 0.575. The highest BCUT2D eigenvalue weighted by atomic mass is 35.5. The predicted molar refractivity (Wildman–Crippen MR) is 60.2 cm³/mol. The van der Waals surface area contributed by atoms with Gasteiger partial charge in [0.25, 0.3) is 0 Å². The molecule has 2 rings (SSSR count). The topological polar surface area (TPSA) is 33.4 Å². The Labute approximate surface area is 96.9 Å². The first-order chi connectivity index (χ1) is 7.28. The molecule has 0 aliphatic heterocycles. The highest BCUT2D eigenvalue weighted by molar-refractivity contribution is 7.99. The molecular formula is C11H9ClO2S. The third-order valence-electron chi connectivity index (χ3n) is 1.82. The van der Waals surface area contributed by atoms with Gasteiger partial charge in [-0.25, -0.2) is 0 Å². The lowest BCUT2D eigenvalue weighted by atomic mass is 10.4. The zero-order valence-corrected chi connectivity index (χ0v) is 9.39. The van der Waals surface area contributed by atoms with Gasteiger partial charge in [-0.1, -0.05) is 23.4 Å². The van der Waals surface area contributed by atoms with Crippen LogP contribution in [0.3, 0.4) is 0 Å². The monoisotopic (exact) mass is 240 g/mol. The Bertz CT molecular complexity index is 436. The summed E-state index contributed by atoms with van der Waals surface area (Å²) in [4.78, 5) is 1.05. The molecule has 78 valence electrons. The van der Waals surface area contributed by atoms with E-state index < -0.39 is 0 Å². The van der Waals surface area contributed by atoms with Gasteiger partial charge in [0.2, 0.25) is 0 Å². The maximum Gasteiger partial charge on any atom is 0.165 e. The van der Waals surface area contributed by atoms with Crippen LogP contribution in [0.2, 0.25) is 5.02 Å². The van der Waals surface area contributed by atoms with Crippen molar-refractivity contribution >= 4 is 23.4 Å². The second kappa shape index (κ2) is 4.75. The summed E-state index contributed by atoms with van der Waals surface area (Å²) < 4.78 is 5.35. The minimum atomic E-state index is -0.0683. The van der Waals surface area contributed by atoms with Crippen molar-refractivity contribution in [2.45, 2.75) is 16.6 Å². The first-order valence-electron chi connectivity index (χ1n) is 4.41. The highest BCUT2D eigenvalue weighted by Crippen LogP contribution is 2.29. The number of furan rings is 1. The number of hydrogen-bond acceptors (Lipinski definition) is 3. The molecule has 0 amide bonds. The lowest BCUT2D eigenvalue weighted by Gasteiger charge is -1.97. The van der Waals surface area contributed by atoms with Gasteiger partial charge in [-0.2, -0.15) is 0 Å². The van der Waals surface area contributed by atoms with Crippen molar-refractivity contribution in [3.05, 3.63) is 47.2 Å². The van der Waals surface area contributed by atoms with Crippen LogP contribution in [-0.2, 0) is 6.61 Å². The van der Waals surface area contributed by atoms with Gasteiger partial charge in [0.1, 0.15) is 12.4 Å². The van der Waals surface area contributed by atoms with Gasteiger partial charge < -0.3 is 9.52 Å². The van der Waals surface area contributed by atoms with Crippen LogP contribution in [-0.4, -0.2) is 5.11 Å². The zero-order chi connectivity index (χ0) is 10.7. The molecule has 0 bridgehead atoms. The number of halogens is 1. The second-order valence-electron chi connectivity index (χ2n) is 2.93. The van der Waals surface area contributed by atoms with E-state index in [9.17, 15) is 0 Å². The van der Waals surface area contributed by atoms with Crippen molar-refractivity contribution in [2.24, 2.45) is 0 Å². The minimum Gasteiger partial charge on any atom is -0.452 e. The Kier molecular flexibility index (Phi) is 3.36. The SMILES string of the molecule is OCc1ccc(Sc2ccc(Cl)cc2)o1. The molecule has 1 N–H and O–H groups in total. The Morgan fingerprint density at radius 3 is 2.47 bits per heavy atom. The molecule has 0 aliphatic carbocycles. The molecule has 0 fully saturated rings. The molecule has 0 saturated heterocycles. The minimum absolute atomic E-state index is 0.0683. The van der Waals surface area contributed by atoms with Gasteiger partial charge in [-0.3, -0.25) is 0 Å². The van der Waals surface area contributed by atoms with Crippen LogP contribution in [0.1, 0.15) is 5.76 Å². The molecular weight excluding hydrogens is 232 g/mol. The summed E-state index contributed by atoms with van der Waals surface area (Å²) in [7, 11) is 0. The summed E-state index contributed by atoms with van der Waals surface area (Å²) in [6.45, 7) is -0.0683. The summed E-state index contributed by atoms with van der Waals surface area (Å²) in [5, 5.41) is 10.3. The first kappa shape index (κ1) is 10.6. The third kappa shape index (κ3) is 2.78. The Balaban J connectivity index is 2.11. The van der Waals surface area contributed by atoms with Crippen molar-refractivity contribution in [1.29, 1.82) is 0 Å². The van der Waals surface area contributed by atoms with E-state index in [-0.39, 0.29) is 6.61 Å². The lowest BCUT2D eigenvalue weighted by molar-refractivity contribution is 0.237. The average Bonchev–Trinajstić information content (AvgIpc) is 2.69. The lowest BCUT2D eigenvalue weighted by Crippen LogP contribution is -1.74. The van der Waals surface area contributed by atoms with Gasteiger partial charge >= 0.3 is 0 Å². The molecule has 0 atom stereocenters. The van der Waals surface area contributed by atoms with Crippen molar-refractivity contribution < 1.29 is 9.52 Å². The van der Waals surface area contributed by atoms with Gasteiger partial charge in [-0.15, -0.1) is 0 Å². The fourth-order valence-electron chi connectivity index (χ4n) is 1.12. The summed E-state index contributed by atoms with van der Waals surface area (Å²) in [5.41, 5.74) is 0. The van der Waals surface area contributed by atoms with Crippen molar-refractivity contribution in [3.63, 3.8) is 0 Å². The normalized spacial score (nSPS) is 10.5. The van der Waals surface area contributed by atoms with Crippen LogP contribution in [0, 0.1) is 0 Å². The maximum atomic E-state index is 8.83. The molecule has 0 unspecified atom stereocenters. The van der Waals surface area contributed by atoms with E-state index in [1.54, 1.807) is 6.07 Å². The maximum absolute atomic E-state index is 8.83. The van der Waals surface area contributed by atoms with E-state index in [4.69, 9.17) is 21.1 Å². The highest BCUT2D eigenvalue weighted by Gasteiger charge is 2.02. The fraction of sp³-hybridized carbons (Fsp3) is 0.0909. The van der Waals surface area contributed by atoms with Crippen molar-refractivity contribution in [3.8, 4) is 0 Å². The molecule has 1 heterocycles. The molecule has 0 spiro atoms. The molecule has 4 heteroatoms. The Hall–Kier alpha value is -0.900. The van der Waals surface area contributed by atoms with Crippen LogP contribution in [0.25, 0.3) is 0 Å². The Morgan fingerprint density at radius 2 is 1.87 bits per heavy atom. The van der Waals surface area contributed by atoms with Crippen molar-refractivity contribution in [1.82, 2.24) is 0 Å². The number of benzene rings is 1. The molecule has 0 saturated carbocycles. The zero-order valence-electron chi connectivity index (χ0n) is 7.81. The van der Waals surface area contributed by atoms with Crippen LogP contribution >= 0.6 is 23.4 Å². The molecule has 2 nitrogen and oxygen atoms in total. The molecule has 2 aromatic rings. The predicted octanol–water partition coefficient (Wildman–Crippen LogP) is 3.58. The summed E-state index contributed by atoms with van der Waals surface area (Å²) >= 11 is 7.27. The van der Waals surface area contributed by atoms with Gasteiger partial charge in [0.15, 0.2) is 5.09 Å². The standard InChI is InChI=1S/C11H9ClO2S/c12-8-1-4-10(5-2-8)15-11-6-3-9(7-13)14-11/h1-6,13H,7H2. The van der Waals surface area contributed by atoms with Gasteiger partial charge in [-0.05, 0) is 36.4 Å². The van der Waals surface area contributed by atoms with Crippen LogP contribution in [0.5, 0.6) is 0 Å². The first-order valence-corrected chi connectivity index (χ1v) is 5.60. The molecule has 0 radical (unpaired) electrons. The van der Waals surface area contributed by atoms with E-state index in [0.717, 1.165) is 15.0 Å². The van der Waals surface area contributed by atoms with Gasteiger partial charge in [0.05, 0.1) is 0 Å². The van der Waals surface area contributed by atoms with Crippen LogP contribution < -0.4 is 0 Å². The summed E-state index contributed by atoms with van der Waals surface area (Å²) in [6.07, 6.45) is 0. The van der Waals surface area contributed by atoms with E-state index >= 15 is 0 Å². The molecule has 1 aromatic heterocycles. The largest absolute Gasteiger partial charge is 0.452 e. The van der Waals surface area contributed by atoms with E-state index in [0.29, 0.717) is 5.76 Å². The Morgan fingerprint density at radius 1 is 1.13 bits per heavy atom. The van der Waals surface area contributed by atoms with Crippen LogP contribution in [0.4, 0.5) is 0 Å². The molecule has 0 aliphatic rings. The second-order valence-corrected chi connectivity index (χ2v) is 4.45. The summed E-state index contributed by atoms with van der Waals surface area (Å²) in [6, 6.07) is 11.1. The number of aliphatic hydroxyl groups is 1. The van der Waals surface area contributed by atoms with E-state index in [2.05, 4.69) is 0 Å². The average molecular weight is 241 g/mol. The fourth-order valence-corrected chi connectivity index (χ4v) is 2.03. The number of hydrogen-bond donors (Lipinski definition) is 1. The van der Waals surface area contributed by atoms with Gasteiger partial charge in [0, 0.05) is 9.92 Å². The number of aliphatic hydroxyl groups excluding tert-OH is 1. The van der Waals surface area contributed by atoms with Crippen LogP contribution in [0.15, 0.2) is 50.8 Å². The van der Waals surface area contributed by atoms with Crippen molar-refractivity contribution in [2.75, 3.05) is 0 Å². The quantitative estimate of drug-likeness (QED) is 0.890.